The lowest BCUT2D eigenvalue weighted by molar-refractivity contribution is -0.138. The average Bonchev–Trinajstić information content (AvgIpc) is 3.23. The first-order chi connectivity index (χ1) is 19.6. The van der Waals surface area contributed by atoms with Crippen molar-refractivity contribution in [1.29, 1.82) is 0 Å². The maximum absolute atomic E-state index is 13.5. The molecule has 8 nitrogen and oxygen atoms in total. The lowest BCUT2D eigenvalue weighted by Crippen LogP contribution is -2.46. The van der Waals surface area contributed by atoms with Crippen molar-refractivity contribution < 1.29 is 22.7 Å². The Morgan fingerprint density at radius 3 is 2.32 bits per heavy atom. The molecule has 0 saturated carbocycles. The van der Waals surface area contributed by atoms with Gasteiger partial charge in [0, 0.05) is 44.0 Å². The Morgan fingerprint density at radius 1 is 1.00 bits per heavy atom. The molecule has 222 valence electrons. The van der Waals surface area contributed by atoms with Crippen molar-refractivity contribution >= 4 is 16.9 Å². The van der Waals surface area contributed by atoms with E-state index in [0.29, 0.717) is 31.4 Å². The lowest BCUT2D eigenvalue weighted by atomic mass is 9.93. The van der Waals surface area contributed by atoms with E-state index in [-0.39, 0.29) is 48.3 Å². The number of likely N-dealkylation sites (tertiary alicyclic amines) is 2. The van der Waals surface area contributed by atoms with Crippen molar-refractivity contribution in [3.63, 3.8) is 0 Å². The summed E-state index contributed by atoms with van der Waals surface area (Å²) < 4.78 is 49.1. The number of piperidine rings is 2. The first-order valence-electron chi connectivity index (χ1n) is 14.5. The van der Waals surface area contributed by atoms with Crippen LogP contribution in [0.2, 0.25) is 0 Å². The van der Waals surface area contributed by atoms with E-state index in [0.717, 1.165) is 44.6 Å². The van der Waals surface area contributed by atoms with Crippen molar-refractivity contribution in [2.24, 2.45) is 5.92 Å². The fourth-order valence-corrected chi connectivity index (χ4v) is 6.09. The minimum absolute atomic E-state index is 0.00776. The van der Waals surface area contributed by atoms with Crippen molar-refractivity contribution in [3.8, 4) is 0 Å². The van der Waals surface area contributed by atoms with Gasteiger partial charge >= 0.3 is 11.9 Å². The molecule has 0 unspecified atom stereocenters. The summed E-state index contributed by atoms with van der Waals surface area (Å²) in [5.41, 5.74) is 0.838. The highest BCUT2D eigenvalue weighted by Crippen LogP contribution is 2.33. The first kappa shape index (κ1) is 29.3. The molecule has 2 aliphatic rings. The molecule has 0 aliphatic carbocycles. The van der Waals surface area contributed by atoms with E-state index in [1.807, 2.05) is 30.9 Å². The van der Waals surface area contributed by atoms with Gasteiger partial charge in [0.2, 0.25) is 5.91 Å². The van der Waals surface area contributed by atoms with Crippen LogP contribution in [0, 0.1) is 5.92 Å². The Kier molecular flexibility index (Phi) is 8.84. The fraction of sp³-hybridized carbons (Fsp3) is 0.567. The molecule has 2 fully saturated rings. The number of ether oxygens (including phenoxy) is 1. The highest BCUT2D eigenvalue weighted by atomic mass is 19.4. The summed E-state index contributed by atoms with van der Waals surface area (Å²) in [4.78, 5) is 35.2. The van der Waals surface area contributed by atoms with Gasteiger partial charge in [-0.15, -0.1) is 0 Å². The van der Waals surface area contributed by atoms with Gasteiger partial charge in [0.1, 0.15) is 0 Å². The standard InChI is InChI=1S/C30H38F3N5O3/c1-21(2)41-18-17-37-27-19-24(30(31,32)33)3-4-26(27)38(29(37)40)25-9-15-36(16-10-25)28(39)23-7-13-35(14-8-23)20-22-5-11-34-12-6-22/h3-6,11-12,19,21,23,25H,7-10,13-18,20H2,1-2H3. The van der Waals surface area contributed by atoms with Crippen LogP contribution < -0.4 is 5.69 Å². The van der Waals surface area contributed by atoms with Gasteiger partial charge in [0.25, 0.3) is 0 Å². The maximum atomic E-state index is 13.5. The Morgan fingerprint density at radius 2 is 1.68 bits per heavy atom. The predicted molar refractivity (Wildman–Crippen MR) is 149 cm³/mol. The van der Waals surface area contributed by atoms with Crippen LogP contribution in [0.25, 0.3) is 11.0 Å². The number of benzene rings is 1. The van der Waals surface area contributed by atoms with Crippen molar-refractivity contribution in [2.75, 3.05) is 32.8 Å². The Hall–Kier alpha value is -3.18. The molecule has 5 rings (SSSR count). The number of halogens is 3. The number of hydrogen-bond acceptors (Lipinski definition) is 5. The van der Waals surface area contributed by atoms with E-state index in [1.165, 1.54) is 16.2 Å². The highest BCUT2D eigenvalue weighted by molar-refractivity contribution is 5.79. The summed E-state index contributed by atoms with van der Waals surface area (Å²) in [6.07, 6.45) is 1.81. The van der Waals surface area contributed by atoms with Crippen molar-refractivity contribution in [3.05, 3.63) is 64.3 Å². The second kappa shape index (κ2) is 12.4. The molecule has 3 aromatic rings. The predicted octanol–water partition coefficient (Wildman–Crippen LogP) is 4.72. The van der Waals surface area contributed by atoms with Crippen LogP contribution in [0.1, 0.15) is 56.7 Å². The largest absolute Gasteiger partial charge is 0.416 e. The van der Waals surface area contributed by atoms with Crippen LogP contribution in [0.4, 0.5) is 13.2 Å². The van der Waals surface area contributed by atoms with E-state index in [9.17, 15) is 22.8 Å². The molecule has 2 aromatic heterocycles. The van der Waals surface area contributed by atoms with Crippen LogP contribution >= 0.6 is 0 Å². The van der Waals surface area contributed by atoms with E-state index in [1.54, 1.807) is 17.0 Å². The number of fused-ring (bicyclic) bond motifs is 1. The molecular formula is C30H38F3N5O3. The number of carbonyl (C=O) groups is 1. The molecule has 0 radical (unpaired) electrons. The van der Waals surface area contributed by atoms with Gasteiger partial charge in [-0.2, -0.15) is 13.2 Å². The summed E-state index contributed by atoms with van der Waals surface area (Å²) in [6.45, 7) is 7.76. The summed E-state index contributed by atoms with van der Waals surface area (Å²) in [6, 6.07) is 7.32. The molecule has 41 heavy (non-hydrogen) atoms. The zero-order valence-electron chi connectivity index (χ0n) is 23.6. The molecule has 4 heterocycles. The fourth-order valence-electron chi connectivity index (χ4n) is 6.09. The number of hydrogen-bond donors (Lipinski definition) is 0. The van der Waals surface area contributed by atoms with Gasteiger partial charge in [-0.3, -0.25) is 23.8 Å². The Bertz CT molecular complexity index is 1390. The summed E-state index contributed by atoms with van der Waals surface area (Å²) in [7, 11) is 0. The molecule has 11 heteroatoms. The minimum atomic E-state index is -4.51. The second-order valence-corrected chi connectivity index (χ2v) is 11.4. The topological polar surface area (TPSA) is 72.6 Å². The van der Waals surface area contributed by atoms with Gasteiger partial charge in [-0.05, 0) is 88.5 Å². The third-order valence-electron chi connectivity index (χ3n) is 8.29. The van der Waals surface area contributed by atoms with Crippen LogP contribution in [-0.2, 0) is 28.8 Å². The van der Waals surface area contributed by atoms with E-state index < -0.39 is 11.7 Å². The summed E-state index contributed by atoms with van der Waals surface area (Å²) in [5, 5.41) is 0. The number of amides is 1. The van der Waals surface area contributed by atoms with Gasteiger partial charge in [0.05, 0.1) is 35.9 Å². The number of pyridine rings is 1. The average molecular weight is 574 g/mol. The molecule has 0 N–H and O–H groups in total. The van der Waals surface area contributed by atoms with Crippen LogP contribution in [0.15, 0.2) is 47.5 Å². The Labute approximate surface area is 237 Å². The summed E-state index contributed by atoms with van der Waals surface area (Å²) in [5.74, 6) is 0.161. The third kappa shape index (κ3) is 6.67. The number of imidazole rings is 1. The zero-order chi connectivity index (χ0) is 29.1. The normalized spacial score (nSPS) is 18.0. The van der Waals surface area contributed by atoms with Crippen LogP contribution in [-0.4, -0.2) is 68.7 Å². The number of nitrogens with zero attached hydrogens (tertiary/aromatic N) is 5. The van der Waals surface area contributed by atoms with E-state index in [2.05, 4.69) is 9.88 Å². The van der Waals surface area contributed by atoms with Crippen LogP contribution in [0.3, 0.4) is 0 Å². The van der Waals surface area contributed by atoms with E-state index in [4.69, 9.17) is 4.74 Å². The molecule has 2 aliphatic heterocycles. The SMILES string of the molecule is CC(C)OCCn1c(=O)n(C2CCN(C(=O)C3CCN(Cc4ccncc4)CC3)CC2)c2ccc(C(F)(F)F)cc21. The molecule has 1 aromatic carbocycles. The molecule has 1 amide bonds. The van der Waals surface area contributed by atoms with Gasteiger partial charge in [-0.1, -0.05) is 0 Å². The molecule has 2 saturated heterocycles. The van der Waals surface area contributed by atoms with Gasteiger partial charge < -0.3 is 9.64 Å². The van der Waals surface area contributed by atoms with Gasteiger partial charge in [0.15, 0.2) is 0 Å². The van der Waals surface area contributed by atoms with Crippen molar-refractivity contribution in [2.45, 2.75) is 70.9 Å². The molecule has 0 bridgehead atoms. The van der Waals surface area contributed by atoms with Gasteiger partial charge in [-0.25, -0.2) is 4.79 Å². The smallest absolute Gasteiger partial charge is 0.377 e. The number of aromatic nitrogens is 3. The first-order valence-corrected chi connectivity index (χ1v) is 14.5. The van der Waals surface area contributed by atoms with E-state index >= 15 is 0 Å². The molecule has 0 spiro atoms. The zero-order valence-corrected chi connectivity index (χ0v) is 23.6. The lowest BCUT2D eigenvalue weighted by Gasteiger charge is -2.37. The quantitative estimate of drug-likeness (QED) is 0.390. The Balaban J connectivity index is 1.25. The summed E-state index contributed by atoms with van der Waals surface area (Å²) >= 11 is 0. The number of alkyl halides is 3. The molecular weight excluding hydrogens is 535 g/mol. The monoisotopic (exact) mass is 573 g/mol. The highest BCUT2D eigenvalue weighted by Gasteiger charge is 2.34. The van der Waals surface area contributed by atoms with Crippen molar-refractivity contribution in [1.82, 2.24) is 23.9 Å². The minimum Gasteiger partial charge on any atom is -0.377 e. The third-order valence-corrected chi connectivity index (χ3v) is 8.29. The molecule has 0 atom stereocenters. The number of carbonyl (C=O) groups excluding carboxylic acids is 1. The second-order valence-electron chi connectivity index (χ2n) is 11.4. The number of rotatable bonds is 8. The van der Waals surface area contributed by atoms with Crippen LogP contribution in [0.5, 0.6) is 0 Å². The maximum Gasteiger partial charge on any atom is 0.416 e.